The number of hydrogen-bond donors (Lipinski definition) is 0. The van der Waals surface area contributed by atoms with Crippen LogP contribution in [0, 0.1) is 0 Å². The van der Waals surface area contributed by atoms with Gasteiger partial charge in [0.25, 0.3) is 0 Å². The topological polar surface area (TPSA) is 85.7 Å². The number of benzene rings is 1. The molecule has 0 aliphatic rings. The van der Waals surface area contributed by atoms with E-state index >= 15 is 0 Å². The summed E-state index contributed by atoms with van der Waals surface area (Å²) >= 11 is 0. The van der Waals surface area contributed by atoms with Crippen LogP contribution in [0.25, 0.3) is 10.4 Å². The van der Waals surface area contributed by atoms with Gasteiger partial charge in [0.1, 0.15) is 0 Å². The predicted molar refractivity (Wildman–Crippen MR) is 68.9 cm³/mol. The Morgan fingerprint density at radius 3 is 2.68 bits per heavy atom. The number of nitrogens with zero attached hydrogens (tertiary/aromatic N) is 3. The third-order valence-corrected chi connectivity index (χ3v) is 2.26. The molecule has 0 aliphatic carbocycles. The molecule has 7 heteroatoms. The van der Waals surface area contributed by atoms with Crippen molar-refractivity contribution in [1.29, 1.82) is 0 Å². The fourth-order valence-corrected chi connectivity index (χ4v) is 1.41. The Labute approximate surface area is 111 Å². The summed E-state index contributed by atoms with van der Waals surface area (Å²) < 4.78 is 21.0. The summed E-state index contributed by atoms with van der Waals surface area (Å²) in [6.45, 7) is 1.78. The SMILES string of the molecule is CCOC(OC)Oc1ccc(CN=[N+]=[N-])cc1OC. The molecule has 0 bridgehead atoms. The Morgan fingerprint density at radius 1 is 1.32 bits per heavy atom. The molecule has 0 saturated carbocycles. The first kappa shape index (κ1) is 15.1. The summed E-state index contributed by atoms with van der Waals surface area (Å²) in [5.41, 5.74) is 9.11. The lowest BCUT2D eigenvalue weighted by Gasteiger charge is -2.18. The standard InChI is InChI=1S/C12H17N3O4/c1-4-18-12(17-3)19-10-6-5-9(8-14-15-13)7-11(10)16-2/h5-7,12H,4,8H2,1-3H3. The molecule has 0 fully saturated rings. The monoisotopic (exact) mass is 267 g/mol. The van der Waals surface area contributed by atoms with Crippen molar-refractivity contribution >= 4 is 0 Å². The van der Waals surface area contributed by atoms with Crippen molar-refractivity contribution in [2.24, 2.45) is 5.11 Å². The molecular formula is C12H17N3O4. The second-order valence-electron chi connectivity index (χ2n) is 3.47. The molecule has 1 aromatic carbocycles. The van der Waals surface area contributed by atoms with E-state index in [1.54, 1.807) is 18.2 Å². The Bertz CT molecular complexity index is 447. The first-order valence-corrected chi connectivity index (χ1v) is 5.74. The van der Waals surface area contributed by atoms with Crippen LogP contribution < -0.4 is 9.47 Å². The maximum atomic E-state index is 8.29. The van der Waals surface area contributed by atoms with Crippen molar-refractivity contribution in [3.05, 3.63) is 34.2 Å². The van der Waals surface area contributed by atoms with Gasteiger partial charge < -0.3 is 18.9 Å². The van der Waals surface area contributed by atoms with Gasteiger partial charge in [0.15, 0.2) is 11.5 Å². The summed E-state index contributed by atoms with van der Waals surface area (Å²) in [6, 6.07) is 5.24. The Morgan fingerprint density at radius 2 is 2.11 bits per heavy atom. The van der Waals surface area contributed by atoms with Crippen LogP contribution in [0.3, 0.4) is 0 Å². The zero-order valence-electron chi connectivity index (χ0n) is 11.2. The first-order chi connectivity index (χ1) is 9.24. The number of methoxy groups -OCH3 is 2. The highest BCUT2D eigenvalue weighted by atomic mass is 16.8. The lowest BCUT2D eigenvalue weighted by atomic mass is 10.2. The van der Waals surface area contributed by atoms with Gasteiger partial charge in [-0.1, -0.05) is 11.2 Å². The summed E-state index contributed by atoms with van der Waals surface area (Å²) in [5.74, 6) is 1.01. The fourth-order valence-electron chi connectivity index (χ4n) is 1.41. The van der Waals surface area contributed by atoms with Gasteiger partial charge in [0, 0.05) is 12.0 Å². The molecule has 0 saturated heterocycles. The molecule has 1 unspecified atom stereocenters. The Hall–Kier alpha value is -1.95. The van der Waals surface area contributed by atoms with Crippen molar-refractivity contribution in [2.45, 2.75) is 19.9 Å². The van der Waals surface area contributed by atoms with Gasteiger partial charge in [-0.25, -0.2) is 0 Å². The summed E-state index contributed by atoms with van der Waals surface area (Å²) in [5, 5.41) is 3.49. The third kappa shape index (κ3) is 4.67. The van der Waals surface area contributed by atoms with Crippen LogP contribution in [0.15, 0.2) is 23.3 Å². The van der Waals surface area contributed by atoms with E-state index in [1.807, 2.05) is 6.92 Å². The molecule has 1 rings (SSSR count). The van der Waals surface area contributed by atoms with Gasteiger partial charge in [0.05, 0.1) is 20.3 Å². The van der Waals surface area contributed by atoms with Crippen LogP contribution in [0.2, 0.25) is 0 Å². The second-order valence-corrected chi connectivity index (χ2v) is 3.47. The molecule has 104 valence electrons. The molecule has 0 N–H and O–H groups in total. The molecule has 19 heavy (non-hydrogen) atoms. The molecule has 1 aromatic rings. The fraction of sp³-hybridized carbons (Fsp3) is 0.500. The van der Waals surface area contributed by atoms with Crippen LogP contribution in [0.4, 0.5) is 0 Å². The molecule has 0 spiro atoms. The van der Waals surface area contributed by atoms with Gasteiger partial charge in [-0.05, 0) is 30.2 Å². The number of rotatable bonds is 8. The van der Waals surface area contributed by atoms with E-state index in [-0.39, 0.29) is 6.54 Å². The highest BCUT2D eigenvalue weighted by molar-refractivity contribution is 5.43. The highest BCUT2D eigenvalue weighted by Crippen LogP contribution is 2.29. The first-order valence-electron chi connectivity index (χ1n) is 5.74. The second kappa shape index (κ2) is 8.20. The number of hydrogen-bond acceptors (Lipinski definition) is 5. The van der Waals surface area contributed by atoms with Crippen molar-refractivity contribution in [2.75, 3.05) is 20.8 Å². The van der Waals surface area contributed by atoms with E-state index in [1.165, 1.54) is 14.2 Å². The minimum atomic E-state index is -0.790. The van der Waals surface area contributed by atoms with E-state index in [0.29, 0.717) is 18.1 Å². The molecule has 0 radical (unpaired) electrons. The lowest BCUT2D eigenvalue weighted by molar-refractivity contribution is -0.231. The zero-order chi connectivity index (χ0) is 14.1. The van der Waals surface area contributed by atoms with Crippen molar-refractivity contribution < 1.29 is 18.9 Å². The van der Waals surface area contributed by atoms with E-state index in [9.17, 15) is 0 Å². The minimum absolute atomic E-state index is 0.256. The molecule has 0 heterocycles. The number of azide groups is 1. The van der Waals surface area contributed by atoms with Gasteiger partial charge in [-0.2, -0.15) is 0 Å². The van der Waals surface area contributed by atoms with Gasteiger partial charge in [-0.3, -0.25) is 0 Å². The Balaban J connectivity index is 2.85. The van der Waals surface area contributed by atoms with Crippen molar-refractivity contribution in [3.8, 4) is 11.5 Å². The molecule has 0 amide bonds. The summed E-state index contributed by atoms with van der Waals surface area (Å²) in [4.78, 5) is 2.71. The molecular weight excluding hydrogens is 250 g/mol. The van der Waals surface area contributed by atoms with Gasteiger partial charge >= 0.3 is 6.48 Å². The Kier molecular flexibility index (Phi) is 6.52. The van der Waals surface area contributed by atoms with Crippen molar-refractivity contribution in [3.63, 3.8) is 0 Å². The molecule has 1 atom stereocenters. The third-order valence-electron chi connectivity index (χ3n) is 2.26. The lowest BCUT2D eigenvalue weighted by Crippen LogP contribution is -2.22. The van der Waals surface area contributed by atoms with Crippen LogP contribution in [0.5, 0.6) is 11.5 Å². The quantitative estimate of drug-likeness (QED) is 0.313. The molecule has 7 nitrogen and oxygen atoms in total. The van der Waals surface area contributed by atoms with Gasteiger partial charge in [0.2, 0.25) is 0 Å². The van der Waals surface area contributed by atoms with Crippen LogP contribution in [-0.2, 0) is 16.0 Å². The van der Waals surface area contributed by atoms with Crippen LogP contribution in [0.1, 0.15) is 12.5 Å². The van der Waals surface area contributed by atoms with E-state index in [0.717, 1.165) is 5.56 Å². The van der Waals surface area contributed by atoms with Crippen molar-refractivity contribution in [1.82, 2.24) is 0 Å². The largest absolute Gasteiger partial charge is 0.493 e. The van der Waals surface area contributed by atoms with Gasteiger partial charge in [-0.15, -0.1) is 0 Å². The number of ether oxygens (including phenoxy) is 4. The average molecular weight is 267 g/mol. The maximum Gasteiger partial charge on any atom is 0.315 e. The van der Waals surface area contributed by atoms with E-state index in [4.69, 9.17) is 24.5 Å². The highest BCUT2D eigenvalue weighted by Gasteiger charge is 2.12. The maximum absolute atomic E-state index is 8.29. The zero-order valence-corrected chi connectivity index (χ0v) is 11.2. The summed E-state index contributed by atoms with van der Waals surface area (Å²) in [6.07, 6.45) is 0. The average Bonchev–Trinajstić information content (AvgIpc) is 2.45. The van der Waals surface area contributed by atoms with E-state index in [2.05, 4.69) is 10.0 Å². The normalized spacial score (nSPS) is 11.5. The minimum Gasteiger partial charge on any atom is -0.493 e. The van der Waals surface area contributed by atoms with Crippen LogP contribution >= 0.6 is 0 Å². The van der Waals surface area contributed by atoms with Crippen LogP contribution in [-0.4, -0.2) is 27.3 Å². The predicted octanol–water partition coefficient (Wildman–Crippen LogP) is 2.85. The summed E-state index contributed by atoms with van der Waals surface area (Å²) in [7, 11) is 3.02. The molecule has 0 aromatic heterocycles. The molecule has 0 aliphatic heterocycles. The smallest absolute Gasteiger partial charge is 0.315 e. The van der Waals surface area contributed by atoms with E-state index < -0.39 is 6.48 Å².